The van der Waals surface area contributed by atoms with Gasteiger partial charge in [0.1, 0.15) is 5.75 Å². The molecular weight excluding hydrogens is 426 g/mol. The van der Waals surface area contributed by atoms with E-state index in [1.807, 2.05) is 37.3 Å². The van der Waals surface area contributed by atoms with Crippen molar-refractivity contribution in [2.24, 2.45) is 11.8 Å². The second kappa shape index (κ2) is 12.4. The van der Waals surface area contributed by atoms with E-state index >= 15 is 0 Å². The summed E-state index contributed by atoms with van der Waals surface area (Å²) >= 11 is 0. The van der Waals surface area contributed by atoms with E-state index in [0.717, 1.165) is 29.8 Å². The number of carboxylic acid groups (broad SMARTS) is 1. The number of hydrogen-bond donors (Lipinski definition) is 2. The van der Waals surface area contributed by atoms with Gasteiger partial charge in [-0.3, -0.25) is 4.79 Å². The van der Waals surface area contributed by atoms with Crippen LogP contribution in [0.25, 0.3) is 0 Å². The van der Waals surface area contributed by atoms with Gasteiger partial charge >= 0.3 is 5.97 Å². The van der Waals surface area contributed by atoms with Gasteiger partial charge in [-0.25, -0.2) is 0 Å². The smallest absolute Gasteiger partial charge is 0.310 e. The van der Waals surface area contributed by atoms with Crippen molar-refractivity contribution in [2.75, 3.05) is 20.7 Å². The summed E-state index contributed by atoms with van der Waals surface area (Å²) in [4.78, 5) is 13.8. The zero-order valence-corrected chi connectivity index (χ0v) is 22.0. The number of methoxy groups -OCH3 is 1. The molecule has 0 bridgehead atoms. The Kier molecular flexibility index (Phi) is 10.1. The van der Waals surface area contributed by atoms with E-state index in [9.17, 15) is 15.0 Å². The van der Waals surface area contributed by atoms with E-state index in [2.05, 4.69) is 44.9 Å². The Morgan fingerprint density at radius 3 is 2.38 bits per heavy atom. The number of carbonyl (C=O) groups is 1. The van der Waals surface area contributed by atoms with Gasteiger partial charge in [-0.05, 0) is 73.0 Å². The van der Waals surface area contributed by atoms with Crippen molar-refractivity contribution in [1.29, 1.82) is 0 Å². The third-order valence-electron chi connectivity index (χ3n) is 6.93. The zero-order chi connectivity index (χ0) is 25.5. The van der Waals surface area contributed by atoms with Crippen LogP contribution in [0, 0.1) is 11.8 Å². The molecule has 188 valence electrons. The number of aliphatic carboxylic acids is 1. The van der Waals surface area contributed by atoms with Crippen molar-refractivity contribution in [3.63, 3.8) is 0 Å². The fourth-order valence-electron chi connectivity index (χ4n) is 4.62. The molecular formula is C29H43NO4. The van der Waals surface area contributed by atoms with Gasteiger partial charge in [0.25, 0.3) is 0 Å². The first-order chi connectivity index (χ1) is 16.0. The maximum atomic E-state index is 11.5. The minimum atomic E-state index is -0.832. The van der Waals surface area contributed by atoms with E-state index < -0.39 is 17.5 Å². The molecule has 0 amide bonds. The molecule has 0 aliphatic heterocycles. The van der Waals surface area contributed by atoms with Crippen molar-refractivity contribution in [3.8, 4) is 5.75 Å². The molecule has 0 saturated heterocycles. The van der Waals surface area contributed by atoms with E-state index in [4.69, 9.17) is 4.74 Å². The lowest BCUT2D eigenvalue weighted by Crippen LogP contribution is -2.43. The van der Waals surface area contributed by atoms with Gasteiger partial charge < -0.3 is 19.8 Å². The van der Waals surface area contributed by atoms with Crippen LogP contribution in [0.2, 0.25) is 0 Å². The van der Waals surface area contributed by atoms with Crippen molar-refractivity contribution in [1.82, 2.24) is 4.90 Å². The molecule has 0 radical (unpaired) electrons. The average molecular weight is 470 g/mol. The highest BCUT2D eigenvalue weighted by atomic mass is 16.5. The van der Waals surface area contributed by atoms with Crippen LogP contribution in [-0.4, -0.2) is 47.4 Å². The molecule has 2 N–H and O–H groups in total. The first-order valence-corrected chi connectivity index (χ1v) is 12.4. The predicted molar refractivity (Wildman–Crippen MR) is 138 cm³/mol. The summed E-state index contributed by atoms with van der Waals surface area (Å²) in [6, 6.07) is 14.0. The van der Waals surface area contributed by atoms with Crippen LogP contribution in [0.5, 0.6) is 5.75 Å². The van der Waals surface area contributed by atoms with E-state index in [0.29, 0.717) is 25.3 Å². The first-order valence-electron chi connectivity index (χ1n) is 12.4. The van der Waals surface area contributed by atoms with Crippen LogP contribution in [0.4, 0.5) is 0 Å². The summed E-state index contributed by atoms with van der Waals surface area (Å²) in [6.45, 7) is 11.7. The Hall–Kier alpha value is -2.37. The van der Waals surface area contributed by atoms with Gasteiger partial charge in [-0.15, -0.1) is 0 Å². The lowest BCUT2D eigenvalue weighted by Gasteiger charge is -2.36. The molecule has 0 aromatic heterocycles. The van der Waals surface area contributed by atoms with Gasteiger partial charge in [-0.1, -0.05) is 58.0 Å². The largest absolute Gasteiger partial charge is 0.497 e. The van der Waals surface area contributed by atoms with Gasteiger partial charge in [0.15, 0.2) is 0 Å². The van der Waals surface area contributed by atoms with Crippen LogP contribution >= 0.6 is 0 Å². The van der Waals surface area contributed by atoms with Gasteiger partial charge in [0, 0.05) is 19.5 Å². The zero-order valence-electron chi connectivity index (χ0n) is 22.0. The Labute approximate surface area is 205 Å². The third kappa shape index (κ3) is 7.57. The van der Waals surface area contributed by atoms with Gasteiger partial charge in [-0.2, -0.15) is 0 Å². The Balaban J connectivity index is 2.19. The molecule has 2 aromatic rings. The van der Waals surface area contributed by atoms with Crippen molar-refractivity contribution in [2.45, 2.75) is 71.9 Å². The van der Waals surface area contributed by atoms with Crippen molar-refractivity contribution >= 4 is 5.97 Å². The summed E-state index contributed by atoms with van der Waals surface area (Å²) in [7, 11) is 3.73. The maximum absolute atomic E-state index is 11.5. The van der Waals surface area contributed by atoms with Gasteiger partial charge in [0.2, 0.25) is 0 Å². The first kappa shape index (κ1) is 27.9. The number of rotatable bonds is 13. The predicted octanol–water partition coefficient (Wildman–Crippen LogP) is 5.53. The Bertz CT molecular complexity index is 941. The van der Waals surface area contributed by atoms with Crippen LogP contribution in [0.15, 0.2) is 42.5 Å². The second-order valence-corrected chi connectivity index (χ2v) is 10.3. The molecule has 0 aliphatic rings. The molecule has 0 saturated carbocycles. The van der Waals surface area contributed by atoms with E-state index in [-0.39, 0.29) is 5.92 Å². The van der Waals surface area contributed by atoms with Crippen LogP contribution in [-0.2, 0) is 24.2 Å². The van der Waals surface area contributed by atoms with Crippen LogP contribution < -0.4 is 4.74 Å². The van der Waals surface area contributed by atoms with Crippen molar-refractivity contribution in [3.05, 3.63) is 64.7 Å². The van der Waals surface area contributed by atoms with Crippen LogP contribution in [0.1, 0.15) is 69.2 Å². The topological polar surface area (TPSA) is 70.0 Å². The normalized spacial score (nSPS) is 15.2. The van der Waals surface area contributed by atoms with Crippen molar-refractivity contribution < 1.29 is 19.7 Å². The summed E-state index contributed by atoms with van der Waals surface area (Å²) in [6.07, 6.45) is 2.18. The van der Waals surface area contributed by atoms with E-state index in [1.54, 1.807) is 14.0 Å². The fourth-order valence-corrected chi connectivity index (χ4v) is 4.62. The minimum absolute atomic E-state index is 0.0448. The Morgan fingerprint density at radius 1 is 1.09 bits per heavy atom. The fraction of sp³-hybridized carbons (Fsp3) is 0.552. The molecule has 1 unspecified atom stereocenters. The molecule has 0 spiro atoms. The van der Waals surface area contributed by atoms with Crippen LogP contribution in [0.3, 0.4) is 0 Å². The number of aliphatic hydroxyl groups is 1. The average Bonchev–Trinajstić information content (AvgIpc) is 2.79. The highest BCUT2D eigenvalue weighted by Crippen LogP contribution is 2.29. The lowest BCUT2D eigenvalue weighted by molar-refractivity contribution is -0.138. The number of hydrogen-bond acceptors (Lipinski definition) is 4. The second-order valence-electron chi connectivity index (χ2n) is 10.3. The molecule has 34 heavy (non-hydrogen) atoms. The highest BCUT2D eigenvalue weighted by molar-refractivity contribution is 5.75. The lowest BCUT2D eigenvalue weighted by atomic mass is 9.80. The molecule has 2 aromatic carbocycles. The third-order valence-corrected chi connectivity index (χ3v) is 6.93. The Morgan fingerprint density at radius 2 is 1.79 bits per heavy atom. The molecule has 2 rings (SSSR count). The summed E-state index contributed by atoms with van der Waals surface area (Å²) < 4.78 is 5.35. The molecule has 3 atom stereocenters. The molecule has 0 heterocycles. The SMILES string of the molecule is CC[C@](O)(Cc1cccc(OC)c1)[C@H](C)CN(C)Cc1cc(C(C)C(=O)O)ccc1CC(C)C. The number of benzene rings is 2. The summed E-state index contributed by atoms with van der Waals surface area (Å²) in [5, 5.41) is 21.0. The molecule has 0 fully saturated rings. The number of ether oxygens (including phenoxy) is 1. The molecule has 0 aliphatic carbocycles. The standard InChI is InChI=1S/C29H43NO4/c1-8-29(33,17-23-10-9-11-27(15-23)34-7)21(4)18-30(6)19-26-16-24(22(5)28(31)32)12-13-25(26)14-20(2)3/h9-13,15-16,20-22,33H,8,14,17-19H2,1-7H3,(H,31,32)/t21-,22?,29+/m1/s1. The quantitative estimate of drug-likeness (QED) is 0.403. The number of carboxylic acids is 1. The minimum Gasteiger partial charge on any atom is -0.497 e. The summed E-state index contributed by atoms with van der Waals surface area (Å²) in [5.41, 5.74) is 3.49. The molecule has 5 heteroatoms. The monoisotopic (exact) mass is 469 g/mol. The highest BCUT2D eigenvalue weighted by Gasteiger charge is 2.33. The number of nitrogens with zero attached hydrogens (tertiary/aromatic N) is 1. The maximum Gasteiger partial charge on any atom is 0.310 e. The summed E-state index contributed by atoms with van der Waals surface area (Å²) in [5.74, 6) is 0.00948. The molecule has 5 nitrogen and oxygen atoms in total. The van der Waals surface area contributed by atoms with Gasteiger partial charge in [0.05, 0.1) is 18.6 Å². The van der Waals surface area contributed by atoms with E-state index in [1.165, 1.54) is 11.1 Å².